The summed E-state index contributed by atoms with van der Waals surface area (Å²) in [6, 6.07) is 15.6. The predicted molar refractivity (Wildman–Crippen MR) is 98.7 cm³/mol. The molecule has 6 nitrogen and oxygen atoms in total. The fourth-order valence-electron chi connectivity index (χ4n) is 2.56. The van der Waals surface area contributed by atoms with Crippen molar-refractivity contribution in [3.63, 3.8) is 0 Å². The monoisotopic (exact) mass is 343 g/mol. The van der Waals surface area contributed by atoms with Crippen LogP contribution in [0.25, 0.3) is 17.3 Å². The van der Waals surface area contributed by atoms with Crippen LogP contribution < -0.4 is 5.32 Å². The molecule has 3 aromatic rings. The molecule has 0 aliphatic heterocycles. The van der Waals surface area contributed by atoms with Crippen molar-refractivity contribution in [1.82, 2.24) is 20.1 Å². The first-order chi connectivity index (χ1) is 12.7. The lowest BCUT2D eigenvalue weighted by molar-refractivity contribution is -0.116. The summed E-state index contributed by atoms with van der Waals surface area (Å²) in [5.74, 6) is -0.430. The molecule has 0 fully saturated rings. The van der Waals surface area contributed by atoms with Crippen molar-refractivity contribution >= 4 is 12.0 Å². The lowest BCUT2D eigenvalue weighted by atomic mass is 10.1. The molecule has 0 aliphatic rings. The van der Waals surface area contributed by atoms with Crippen LogP contribution in [0.4, 0.5) is 0 Å². The van der Waals surface area contributed by atoms with Gasteiger partial charge in [0.15, 0.2) is 0 Å². The minimum absolute atomic E-state index is 0.0249. The SMILES string of the molecule is CNC(=O)/C(C#N)=C/c1cn(Cc2ccccc2)nc1-c1cccnc1. The second-order valence-electron chi connectivity index (χ2n) is 5.61. The van der Waals surface area contributed by atoms with E-state index in [1.54, 1.807) is 23.2 Å². The number of carbonyl (C=O) groups is 1. The zero-order valence-corrected chi connectivity index (χ0v) is 14.3. The predicted octanol–water partition coefficient (Wildman–Crippen LogP) is 2.65. The van der Waals surface area contributed by atoms with E-state index in [2.05, 4.69) is 15.4 Å². The Morgan fingerprint density at radius 3 is 2.73 bits per heavy atom. The summed E-state index contributed by atoms with van der Waals surface area (Å²) in [6.45, 7) is 0.587. The summed E-state index contributed by atoms with van der Waals surface area (Å²) >= 11 is 0. The maximum Gasteiger partial charge on any atom is 0.261 e. The fourth-order valence-corrected chi connectivity index (χ4v) is 2.56. The molecule has 1 N–H and O–H groups in total. The average Bonchev–Trinajstić information content (AvgIpc) is 3.09. The van der Waals surface area contributed by atoms with Crippen molar-refractivity contribution in [2.75, 3.05) is 7.05 Å². The number of nitriles is 1. The zero-order valence-electron chi connectivity index (χ0n) is 14.3. The van der Waals surface area contributed by atoms with E-state index in [4.69, 9.17) is 0 Å². The highest BCUT2D eigenvalue weighted by Crippen LogP contribution is 2.24. The first-order valence-electron chi connectivity index (χ1n) is 8.07. The standard InChI is InChI=1S/C20H17N5O/c1-22-20(26)17(11-21)10-18-14-25(13-15-6-3-2-4-7-15)24-19(18)16-8-5-9-23-12-16/h2-10,12,14H,13H2,1H3,(H,22,26)/b17-10+. The number of hydrogen-bond acceptors (Lipinski definition) is 4. The number of benzene rings is 1. The highest BCUT2D eigenvalue weighted by atomic mass is 16.1. The Labute approximate surface area is 151 Å². The largest absolute Gasteiger partial charge is 0.354 e. The van der Waals surface area contributed by atoms with E-state index in [1.165, 1.54) is 7.05 Å². The number of nitrogens with zero attached hydrogens (tertiary/aromatic N) is 4. The van der Waals surface area contributed by atoms with Crippen molar-refractivity contribution in [3.05, 3.63) is 77.8 Å². The number of rotatable bonds is 5. The van der Waals surface area contributed by atoms with Crippen LogP contribution in [0.2, 0.25) is 0 Å². The Hall–Kier alpha value is -3.72. The van der Waals surface area contributed by atoms with Crippen LogP contribution in [0.5, 0.6) is 0 Å². The fraction of sp³-hybridized carbons (Fsp3) is 0.100. The number of amides is 1. The summed E-state index contributed by atoms with van der Waals surface area (Å²) in [4.78, 5) is 16.0. The van der Waals surface area contributed by atoms with Gasteiger partial charge in [-0.05, 0) is 23.8 Å². The topological polar surface area (TPSA) is 83.6 Å². The molecule has 26 heavy (non-hydrogen) atoms. The van der Waals surface area contributed by atoms with Gasteiger partial charge in [0.1, 0.15) is 17.3 Å². The van der Waals surface area contributed by atoms with Gasteiger partial charge in [-0.15, -0.1) is 0 Å². The van der Waals surface area contributed by atoms with Gasteiger partial charge in [-0.25, -0.2) is 0 Å². The van der Waals surface area contributed by atoms with Crippen LogP contribution in [0.1, 0.15) is 11.1 Å². The summed E-state index contributed by atoms with van der Waals surface area (Å²) in [7, 11) is 1.49. The minimum atomic E-state index is -0.430. The van der Waals surface area contributed by atoms with Crippen molar-refractivity contribution < 1.29 is 4.79 Å². The first-order valence-corrected chi connectivity index (χ1v) is 8.07. The molecular formula is C20H17N5O. The number of carbonyl (C=O) groups excluding carboxylic acids is 1. The van der Waals surface area contributed by atoms with Crippen LogP contribution in [0.3, 0.4) is 0 Å². The Morgan fingerprint density at radius 2 is 2.08 bits per heavy atom. The van der Waals surface area contributed by atoms with Gasteiger partial charge in [0, 0.05) is 36.8 Å². The van der Waals surface area contributed by atoms with Crippen molar-refractivity contribution in [3.8, 4) is 17.3 Å². The van der Waals surface area contributed by atoms with Gasteiger partial charge in [-0.1, -0.05) is 30.3 Å². The second-order valence-corrected chi connectivity index (χ2v) is 5.61. The molecule has 0 spiro atoms. The van der Waals surface area contributed by atoms with E-state index in [0.717, 1.165) is 11.1 Å². The quantitative estimate of drug-likeness (QED) is 0.570. The zero-order chi connectivity index (χ0) is 18.4. The first kappa shape index (κ1) is 17.1. The summed E-state index contributed by atoms with van der Waals surface area (Å²) in [6.07, 6.45) is 6.77. The smallest absolute Gasteiger partial charge is 0.261 e. The number of aromatic nitrogens is 3. The maximum atomic E-state index is 11.9. The molecule has 1 amide bonds. The Balaban J connectivity index is 2.05. The van der Waals surface area contributed by atoms with Crippen LogP contribution in [-0.2, 0) is 11.3 Å². The van der Waals surface area contributed by atoms with Crippen molar-refractivity contribution in [2.45, 2.75) is 6.54 Å². The molecule has 2 aromatic heterocycles. The van der Waals surface area contributed by atoms with Gasteiger partial charge in [0.2, 0.25) is 0 Å². The number of nitrogens with one attached hydrogen (secondary N) is 1. The molecule has 0 bridgehead atoms. The number of likely N-dealkylation sites (N-methyl/N-ethyl adjacent to an activating group) is 1. The highest BCUT2D eigenvalue weighted by molar-refractivity contribution is 6.02. The maximum absolute atomic E-state index is 11.9. The van der Waals surface area contributed by atoms with E-state index in [1.807, 2.05) is 54.7 Å². The molecular weight excluding hydrogens is 326 g/mol. The van der Waals surface area contributed by atoms with E-state index < -0.39 is 5.91 Å². The third-order valence-electron chi connectivity index (χ3n) is 3.80. The number of hydrogen-bond donors (Lipinski definition) is 1. The van der Waals surface area contributed by atoms with Gasteiger partial charge in [-0.3, -0.25) is 14.5 Å². The summed E-state index contributed by atoms with van der Waals surface area (Å²) < 4.78 is 1.79. The lowest BCUT2D eigenvalue weighted by Crippen LogP contribution is -2.19. The van der Waals surface area contributed by atoms with E-state index in [0.29, 0.717) is 17.8 Å². The van der Waals surface area contributed by atoms with Crippen LogP contribution in [0, 0.1) is 11.3 Å². The second kappa shape index (κ2) is 7.90. The molecule has 0 saturated heterocycles. The Morgan fingerprint density at radius 1 is 1.27 bits per heavy atom. The molecule has 128 valence electrons. The summed E-state index contributed by atoms with van der Waals surface area (Å²) in [5.41, 5.74) is 3.31. The Bertz CT molecular complexity index is 968. The molecule has 3 rings (SSSR count). The van der Waals surface area contributed by atoms with Crippen LogP contribution in [-0.4, -0.2) is 27.7 Å². The molecule has 1 aromatic carbocycles. The Kier molecular flexibility index (Phi) is 5.20. The van der Waals surface area contributed by atoms with E-state index in [-0.39, 0.29) is 5.57 Å². The molecule has 0 saturated carbocycles. The van der Waals surface area contributed by atoms with Gasteiger partial charge >= 0.3 is 0 Å². The van der Waals surface area contributed by atoms with Crippen molar-refractivity contribution in [1.29, 1.82) is 5.26 Å². The van der Waals surface area contributed by atoms with Gasteiger partial charge in [-0.2, -0.15) is 10.4 Å². The minimum Gasteiger partial charge on any atom is -0.354 e. The van der Waals surface area contributed by atoms with Gasteiger partial charge < -0.3 is 5.32 Å². The van der Waals surface area contributed by atoms with E-state index in [9.17, 15) is 10.1 Å². The molecule has 0 radical (unpaired) electrons. The summed E-state index contributed by atoms with van der Waals surface area (Å²) in [5, 5.41) is 16.4. The molecule has 0 atom stereocenters. The molecule has 2 heterocycles. The molecule has 6 heteroatoms. The normalized spacial score (nSPS) is 11.0. The third kappa shape index (κ3) is 3.84. The van der Waals surface area contributed by atoms with Gasteiger partial charge in [0.25, 0.3) is 5.91 Å². The van der Waals surface area contributed by atoms with Crippen LogP contribution >= 0.6 is 0 Å². The number of pyridine rings is 1. The average molecular weight is 343 g/mol. The molecule has 0 aliphatic carbocycles. The molecule has 0 unspecified atom stereocenters. The highest BCUT2D eigenvalue weighted by Gasteiger charge is 2.14. The lowest BCUT2D eigenvalue weighted by Gasteiger charge is -2.01. The van der Waals surface area contributed by atoms with E-state index >= 15 is 0 Å². The van der Waals surface area contributed by atoms with Crippen LogP contribution in [0.15, 0.2) is 66.6 Å². The van der Waals surface area contributed by atoms with Crippen molar-refractivity contribution in [2.24, 2.45) is 0 Å². The van der Waals surface area contributed by atoms with Gasteiger partial charge in [0.05, 0.1) is 6.54 Å². The third-order valence-corrected chi connectivity index (χ3v) is 3.80.